The summed E-state index contributed by atoms with van der Waals surface area (Å²) in [6, 6.07) is 0.554. The highest BCUT2D eigenvalue weighted by molar-refractivity contribution is 5.85. The lowest BCUT2D eigenvalue weighted by atomic mass is 10.2. The molecule has 0 aromatic carbocycles. The van der Waals surface area contributed by atoms with Gasteiger partial charge in [-0.15, -0.1) is 12.4 Å². The van der Waals surface area contributed by atoms with E-state index in [0.717, 1.165) is 13.2 Å². The van der Waals surface area contributed by atoms with Crippen molar-refractivity contribution in [2.45, 2.75) is 18.9 Å². The van der Waals surface area contributed by atoms with Crippen LogP contribution in [-0.4, -0.2) is 19.2 Å². The lowest BCUT2D eigenvalue weighted by Gasteiger charge is -2.22. The van der Waals surface area contributed by atoms with E-state index < -0.39 is 0 Å². The van der Waals surface area contributed by atoms with Gasteiger partial charge >= 0.3 is 0 Å². The Morgan fingerprint density at radius 2 is 2.50 bits per heavy atom. The molecule has 0 bridgehead atoms. The van der Waals surface area contributed by atoms with Crippen LogP contribution in [0.4, 0.5) is 0 Å². The van der Waals surface area contributed by atoms with E-state index >= 15 is 0 Å². The van der Waals surface area contributed by atoms with Gasteiger partial charge in [0.1, 0.15) is 12.4 Å². The summed E-state index contributed by atoms with van der Waals surface area (Å²) in [5.74, 6) is 1.18. The topological polar surface area (TPSA) is 21.3 Å². The minimum Gasteiger partial charge on any atom is -0.495 e. The van der Waals surface area contributed by atoms with Gasteiger partial charge in [0.25, 0.3) is 0 Å². The van der Waals surface area contributed by atoms with Crippen molar-refractivity contribution in [2.75, 3.05) is 13.2 Å². The van der Waals surface area contributed by atoms with Gasteiger partial charge in [-0.2, -0.15) is 0 Å². The van der Waals surface area contributed by atoms with Crippen molar-refractivity contribution < 1.29 is 4.74 Å². The molecule has 58 valence electrons. The van der Waals surface area contributed by atoms with Gasteiger partial charge in [-0.1, -0.05) is 0 Å². The molecule has 10 heavy (non-hydrogen) atoms. The molecule has 1 aliphatic carbocycles. The third-order valence-corrected chi connectivity index (χ3v) is 1.91. The first-order valence-corrected chi connectivity index (χ1v) is 3.53. The highest BCUT2D eigenvalue weighted by Crippen LogP contribution is 2.21. The summed E-state index contributed by atoms with van der Waals surface area (Å²) in [7, 11) is 0. The van der Waals surface area contributed by atoms with Crippen LogP contribution < -0.4 is 5.32 Å². The van der Waals surface area contributed by atoms with Crippen molar-refractivity contribution >= 4 is 12.4 Å². The number of rotatable bonds is 0. The standard InChI is InChI=1S/C7H11NO.ClH/c1-2-6-7(3-1)9-5-4-8-6;/h3,6,8H,1-2,4-5H2;1H. The van der Waals surface area contributed by atoms with Crippen molar-refractivity contribution in [1.29, 1.82) is 0 Å². The number of ether oxygens (including phenoxy) is 1. The van der Waals surface area contributed by atoms with Crippen LogP contribution >= 0.6 is 12.4 Å². The van der Waals surface area contributed by atoms with Crippen molar-refractivity contribution in [2.24, 2.45) is 0 Å². The van der Waals surface area contributed by atoms with Crippen LogP contribution in [0.1, 0.15) is 12.8 Å². The highest BCUT2D eigenvalue weighted by atomic mass is 35.5. The Hall–Kier alpha value is -0.210. The molecule has 1 fully saturated rings. The third kappa shape index (κ3) is 1.27. The van der Waals surface area contributed by atoms with E-state index in [-0.39, 0.29) is 12.4 Å². The van der Waals surface area contributed by atoms with E-state index in [1.54, 1.807) is 0 Å². The Labute approximate surface area is 67.0 Å². The Bertz CT molecular complexity index is 147. The molecule has 0 aromatic heterocycles. The second-order valence-corrected chi connectivity index (χ2v) is 2.54. The molecule has 1 heterocycles. The van der Waals surface area contributed by atoms with Crippen molar-refractivity contribution in [1.82, 2.24) is 5.32 Å². The van der Waals surface area contributed by atoms with Crippen molar-refractivity contribution in [3.05, 3.63) is 11.8 Å². The highest BCUT2D eigenvalue weighted by Gasteiger charge is 2.22. The van der Waals surface area contributed by atoms with Gasteiger partial charge in [0.15, 0.2) is 0 Å². The predicted molar refractivity (Wildman–Crippen MR) is 42.3 cm³/mol. The first kappa shape index (κ1) is 7.89. The number of nitrogens with one attached hydrogen (secondary N) is 1. The van der Waals surface area contributed by atoms with E-state index in [9.17, 15) is 0 Å². The normalized spacial score (nSPS) is 29.6. The molecule has 2 nitrogen and oxygen atoms in total. The van der Waals surface area contributed by atoms with E-state index in [4.69, 9.17) is 4.74 Å². The van der Waals surface area contributed by atoms with Gasteiger partial charge in [0.05, 0.1) is 6.04 Å². The summed E-state index contributed by atoms with van der Waals surface area (Å²) in [4.78, 5) is 0. The summed E-state index contributed by atoms with van der Waals surface area (Å²) in [6.45, 7) is 1.87. The number of hydrogen-bond acceptors (Lipinski definition) is 2. The number of hydrogen-bond donors (Lipinski definition) is 1. The molecular weight excluding hydrogens is 150 g/mol. The fourth-order valence-corrected chi connectivity index (χ4v) is 1.44. The van der Waals surface area contributed by atoms with Gasteiger partial charge in [0, 0.05) is 6.54 Å². The van der Waals surface area contributed by atoms with Gasteiger partial charge < -0.3 is 10.1 Å². The average Bonchev–Trinajstić information content (AvgIpc) is 2.33. The Morgan fingerprint density at radius 3 is 3.30 bits per heavy atom. The van der Waals surface area contributed by atoms with Crippen LogP contribution in [0, 0.1) is 0 Å². The van der Waals surface area contributed by atoms with Crippen LogP contribution in [0.2, 0.25) is 0 Å². The van der Waals surface area contributed by atoms with Gasteiger partial charge in [-0.05, 0) is 18.9 Å². The van der Waals surface area contributed by atoms with Gasteiger partial charge in [0.2, 0.25) is 0 Å². The molecule has 2 aliphatic rings. The van der Waals surface area contributed by atoms with Gasteiger partial charge in [-0.25, -0.2) is 0 Å². The largest absolute Gasteiger partial charge is 0.495 e. The first-order chi connectivity index (χ1) is 4.47. The van der Waals surface area contributed by atoms with Crippen molar-refractivity contribution in [3.8, 4) is 0 Å². The maximum absolute atomic E-state index is 5.40. The zero-order valence-electron chi connectivity index (χ0n) is 5.80. The molecule has 1 saturated heterocycles. The molecule has 2 rings (SSSR count). The molecular formula is C7H12ClNO. The third-order valence-electron chi connectivity index (χ3n) is 1.91. The Balaban J connectivity index is 0.000000500. The van der Waals surface area contributed by atoms with E-state index in [0.29, 0.717) is 6.04 Å². The van der Waals surface area contributed by atoms with E-state index in [1.165, 1.54) is 18.6 Å². The molecule has 1 atom stereocenters. The summed E-state index contributed by atoms with van der Waals surface area (Å²) in [5.41, 5.74) is 0. The molecule has 0 aromatic rings. The maximum Gasteiger partial charge on any atom is 0.109 e. The number of morpholine rings is 1. The zero-order valence-corrected chi connectivity index (χ0v) is 6.62. The monoisotopic (exact) mass is 161 g/mol. The lowest BCUT2D eigenvalue weighted by molar-refractivity contribution is 0.154. The fraction of sp³-hybridized carbons (Fsp3) is 0.714. The summed E-state index contributed by atoms with van der Waals surface area (Å²) >= 11 is 0. The first-order valence-electron chi connectivity index (χ1n) is 3.53. The molecule has 0 amide bonds. The molecule has 0 radical (unpaired) electrons. The number of allylic oxidation sites excluding steroid dienone is 1. The molecule has 0 spiro atoms. The molecule has 0 saturated carbocycles. The SMILES string of the molecule is C1=C2OCCNC2CC1.Cl. The van der Waals surface area contributed by atoms with Crippen LogP contribution in [0.3, 0.4) is 0 Å². The van der Waals surface area contributed by atoms with Crippen LogP contribution in [0.25, 0.3) is 0 Å². The van der Waals surface area contributed by atoms with E-state index in [2.05, 4.69) is 11.4 Å². The second-order valence-electron chi connectivity index (χ2n) is 2.54. The van der Waals surface area contributed by atoms with E-state index in [1.807, 2.05) is 0 Å². The Kier molecular flexibility index (Phi) is 2.57. The molecule has 3 heteroatoms. The molecule has 1 aliphatic heterocycles. The van der Waals surface area contributed by atoms with Crippen molar-refractivity contribution in [3.63, 3.8) is 0 Å². The quantitative estimate of drug-likeness (QED) is 0.574. The summed E-state index contributed by atoms with van der Waals surface area (Å²) < 4.78 is 5.40. The molecule has 1 N–H and O–H groups in total. The summed E-state index contributed by atoms with van der Waals surface area (Å²) in [6.07, 6.45) is 4.61. The second kappa shape index (κ2) is 3.26. The Morgan fingerprint density at radius 1 is 1.60 bits per heavy atom. The van der Waals surface area contributed by atoms with Crippen LogP contribution in [0.5, 0.6) is 0 Å². The number of fused-ring (bicyclic) bond motifs is 1. The lowest BCUT2D eigenvalue weighted by Crippen LogP contribution is -2.37. The average molecular weight is 162 g/mol. The summed E-state index contributed by atoms with van der Waals surface area (Å²) in [5, 5.41) is 3.39. The maximum atomic E-state index is 5.40. The van der Waals surface area contributed by atoms with Gasteiger partial charge in [-0.3, -0.25) is 0 Å². The fourth-order valence-electron chi connectivity index (χ4n) is 1.44. The number of halogens is 1. The smallest absolute Gasteiger partial charge is 0.109 e. The van der Waals surface area contributed by atoms with Crippen LogP contribution in [0.15, 0.2) is 11.8 Å². The zero-order chi connectivity index (χ0) is 6.10. The van der Waals surface area contributed by atoms with Crippen LogP contribution in [-0.2, 0) is 4.74 Å². The minimum absolute atomic E-state index is 0. The predicted octanol–water partition coefficient (Wildman–Crippen LogP) is 1.07. The molecule has 1 unspecified atom stereocenters. The minimum atomic E-state index is 0.